The van der Waals surface area contributed by atoms with Crippen molar-refractivity contribution in [2.75, 3.05) is 20.1 Å². The van der Waals surface area contributed by atoms with Gasteiger partial charge in [-0.1, -0.05) is 23.7 Å². The molecule has 0 saturated carbocycles. The minimum atomic E-state index is 0.420. The second-order valence-corrected chi connectivity index (χ2v) is 6.35. The van der Waals surface area contributed by atoms with E-state index in [1.807, 2.05) is 12.1 Å². The minimum absolute atomic E-state index is 0.420. The van der Waals surface area contributed by atoms with E-state index in [0.717, 1.165) is 17.5 Å². The average molecular weight is 281 g/mol. The molecule has 1 N–H and O–H groups in total. The highest BCUT2D eigenvalue weighted by Gasteiger charge is 2.21. The predicted molar refractivity (Wildman–Crippen MR) is 82.7 cm³/mol. The quantitative estimate of drug-likeness (QED) is 0.904. The third-order valence-corrected chi connectivity index (χ3v) is 4.51. The molecule has 1 heterocycles. The number of piperidine rings is 1. The molecule has 0 aromatic heterocycles. The van der Waals surface area contributed by atoms with E-state index in [9.17, 15) is 0 Å². The second kappa shape index (κ2) is 6.74. The molecule has 1 aliphatic rings. The van der Waals surface area contributed by atoms with Gasteiger partial charge in [-0.2, -0.15) is 0 Å². The van der Waals surface area contributed by atoms with Gasteiger partial charge in [0.25, 0.3) is 0 Å². The Kier molecular flexibility index (Phi) is 5.26. The maximum absolute atomic E-state index is 6.08. The first-order chi connectivity index (χ1) is 9.06. The monoisotopic (exact) mass is 280 g/mol. The van der Waals surface area contributed by atoms with Gasteiger partial charge in [0, 0.05) is 23.7 Å². The number of hydrogen-bond acceptors (Lipinski definition) is 2. The SMILES string of the molecule is CC1CC(CN(C)C(C)c2cccc(Cl)c2)CCN1. The Morgan fingerprint density at radius 2 is 2.26 bits per heavy atom. The zero-order valence-corrected chi connectivity index (χ0v) is 13.0. The summed E-state index contributed by atoms with van der Waals surface area (Å²) in [6, 6.07) is 9.30. The molecule has 0 bridgehead atoms. The van der Waals surface area contributed by atoms with Crippen LogP contribution in [-0.2, 0) is 0 Å². The summed E-state index contributed by atoms with van der Waals surface area (Å²) in [5.41, 5.74) is 1.30. The van der Waals surface area contributed by atoms with Crippen molar-refractivity contribution in [1.29, 1.82) is 0 Å². The standard InChI is InChI=1S/C16H25ClN2/c1-12-9-14(7-8-18-12)11-19(3)13(2)15-5-4-6-16(17)10-15/h4-6,10,12-14,18H,7-9,11H2,1-3H3. The van der Waals surface area contributed by atoms with Gasteiger partial charge >= 0.3 is 0 Å². The highest BCUT2D eigenvalue weighted by Crippen LogP contribution is 2.25. The van der Waals surface area contributed by atoms with E-state index in [1.54, 1.807) is 0 Å². The van der Waals surface area contributed by atoms with Crippen molar-refractivity contribution in [2.24, 2.45) is 5.92 Å². The molecule has 1 saturated heterocycles. The van der Waals surface area contributed by atoms with E-state index in [4.69, 9.17) is 11.6 Å². The lowest BCUT2D eigenvalue weighted by Crippen LogP contribution is -2.40. The summed E-state index contributed by atoms with van der Waals surface area (Å²) in [5, 5.41) is 4.34. The summed E-state index contributed by atoms with van der Waals surface area (Å²) in [5.74, 6) is 0.808. The fraction of sp³-hybridized carbons (Fsp3) is 0.625. The van der Waals surface area contributed by atoms with Crippen molar-refractivity contribution >= 4 is 11.6 Å². The van der Waals surface area contributed by atoms with Gasteiger partial charge in [0.2, 0.25) is 0 Å². The van der Waals surface area contributed by atoms with Crippen molar-refractivity contribution in [1.82, 2.24) is 10.2 Å². The summed E-state index contributed by atoms with van der Waals surface area (Å²) in [4.78, 5) is 2.45. The third kappa shape index (κ3) is 4.20. The molecular weight excluding hydrogens is 256 g/mol. The summed E-state index contributed by atoms with van der Waals surface area (Å²) in [6.45, 7) is 6.87. The summed E-state index contributed by atoms with van der Waals surface area (Å²) < 4.78 is 0. The maximum atomic E-state index is 6.08. The Morgan fingerprint density at radius 1 is 1.47 bits per heavy atom. The lowest BCUT2D eigenvalue weighted by atomic mass is 9.92. The van der Waals surface area contributed by atoms with Crippen LogP contribution in [0.3, 0.4) is 0 Å². The van der Waals surface area contributed by atoms with Crippen LogP contribution in [0.4, 0.5) is 0 Å². The van der Waals surface area contributed by atoms with Gasteiger partial charge in [0.15, 0.2) is 0 Å². The van der Waals surface area contributed by atoms with Gasteiger partial charge in [0.05, 0.1) is 0 Å². The Balaban J connectivity index is 1.93. The molecule has 19 heavy (non-hydrogen) atoms. The van der Waals surface area contributed by atoms with E-state index in [0.29, 0.717) is 12.1 Å². The van der Waals surface area contributed by atoms with E-state index >= 15 is 0 Å². The second-order valence-electron chi connectivity index (χ2n) is 5.92. The Hall–Kier alpha value is -0.570. The van der Waals surface area contributed by atoms with Crippen LogP contribution in [0.5, 0.6) is 0 Å². The smallest absolute Gasteiger partial charge is 0.0409 e. The fourth-order valence-corrected chi connectivity index (χ4v) is 3.19. The molecule has 2 rings (SSSR count). The van der Waals surface area contributed by atoms with Gasteiger partial charge in [-0.25, -0.2) is 0 Å². The lowest BCUT2D eigenvalue weighted by Gasteiger charge is -2.33. The largest absolute Gasteiger partial charge is 0.314 e. The highest BCUT2D eigenvalue weighted by molar-refractivity contribution is 6.30. The van der Waals surface area contributed by atoms with E-state index in [-0.39, 0.29) is 0 Å². The topological polar surface area (TPSA) is 15.3 Å². The number of rotatable bonds is 4. The molecular formula is C16H25ClN2. The van der Waals surface area contributed by atoms with Crippen LogP contribution in [0, 0.1) is 5.92 Å². The maximum Gasteiger partial charge on any atom is 0.0409 e. The normalized spacial score (nSPS) is 25.5. The highest BCUT2D eigenvalue weighted by atomic mass is 35.5. The Morgan fingerprint density at radius 3 is 2.95 bits per heavy atom. The molecule has 1 aromatic rings. The molecule has 0 spiro atoms. The van der Waals surface area contributed by atoms with Crippen molar-refractivity contribution in [3.8, 4) is 0 Å². The minimum Gasteiger partial charge on any atom is -0.314 e. The van der Waals surface area contributed by atoms with Crippen LogP contribution in [0.15, 0.2) is 24.3 Å². The van der Waals surface area contributed by atoms with Crippen LogP contribution in [0.1, 0.15) is 38.3 Å². The molecule has 1 aromatic carbocycles. The number of nitrogens with one attached hydrogen (secondary N) is 1. The van der Waals surface area contributed by atoms with E-state index in [2.05, 4.69) is 43.2 Å². The van der Waals surface area contributed by atoms with Crippen LogP contribution in [0.2, 0.25) is 5.02 Å². The zero-order chi connectivity index (χ0) is 13.8. The van der Waals surface area contributed by atoms with Gasteiger partial charge in [-0.05, 0) is 63.9 Å². The lowest BCUT2D eigenvalue weighted by molar-refractivity contribution is 0.184. The number of benzene rings is 1. The molecule has 106 valence electrons. The van der Waals surface area contributed by atoms with Crippen LogP contribution in [0.25, 0.3) is 0 Å². The van der Waals surface area contributed by atoms with Gasteiger partial charge in [0.1, 0.15) is 0 Å². The van der Waals surface area contributed by atoms with Gasteiger partial charge in [-0.3, -0.25) is 4.90 Å². The first-order valence-electron chi connectivity index (χ1n) is 7.25. The van der Waals surface area contributed by atoms with E-state index in [1.165, 1.54) is 24.9 Å². The summed E-state index contributed by atoms with van der Waals surface area (Å²) >= 11 is 6.08. The van der Waals surface area contributed by atoms with Crippen molar-refractivity contribution < 1.29 is 0 Å². The molecule has 3 atom stereocenters. The Bertz CT molecular complexity index is 407. The van der Waals surface area contributed by atoms with Crippen LogP contribution in [-0.4, -0.2) is 31.1 Å². The van der Waals surface area contributed by atoms with Crippen molar-refractivity contribution in [3.63, 3.8) is 0 Å². The Labute approximate surface area is 122 Å². The van der Waals surface area contributed by atoms with Crippen molar-refractivity contribution in [3.05, 3.63) is 34.9 Å². The molecule has 3 unspecified atom stereocenters. The predicted octanol–water partition coefficient (Wildman–Crippen LogP) is 3.72. The molecule has 0 radical (unpaired) electrons. The molecule has 2 nitrogen and oxygen atoms in total. The summed E-state index contributed by atoms with van der Waals surface area (Å²) in [7, 11) is 2.22. The molecule has 1 fully saturated rings. The first kappa shape index (κ1) is 14.8. The van der Waals surface area contributed by atoms with E-state index < -0.39 is 0 Å². The molecule has 0 amide bonds. The number of halogens is 1. The average Bonchev–Trinajstić information content (AvgIpc) is 2.38. The van der Waals surface area contributed by atoms with Crippen LogP contribution >= 0.6 is 11.6 Å². The first-order valence-corrected chi connectivity index (χ1v) is 7.63. The van der Waals surface area contributed by atoms with Gasteiger partial charge in [-0.15, -0.1) is 0 Å². The van der Waals surface area contributed by atoms with Crippen molar-refractivity contribution in [2.45, 2.75) is 38.8 Å². The number of hydrogen-bond donors (Lipinski definition) is 1. The zero-order valence-electron chi connectivity index (χ0n) is 12.2. The van der Waals surface area contributed by atoms with Gasteiger partial charge < -0.3 is 5.32 Å². The number of nitrogens with zero attached hydrogens (tertiary/aromatic N) is 1. The van der Waals surface area contributed by atoms with Crippen LogP contribution < -0.4 is 5.32 Å². The third-order valence-electron chi connectivity index (χ3n) is 4.27. The molecule has 1 aliphatic heterocycles. The molecule has 3 heteroatoms. The molecule has 0 aliphatic carbocycles. The summed E-state index contributed by atoms with van der Waals surface area (Å²) in [6.07, 6.45) is 2.57. The fourth-order valence-electron chi connectivity index (χ4n) is 2.99.